The standard InChI is InChI=1S/C20H25N3O4/c1-23(2)15-7-5-14(6-8-15)11-12-21-19(24)20(25)22-17-13-16(26-3)9-10-18(17)27-4/h5-10,13H,11-12H2,1-4H3,(H,21,24)(H,22,25). The van der Waals surface area contributed by atoms with Crippen LogP contribution in [0.5, 0.6) is 11.5 Å². The molecule has 0 spiro atoms. The third-order valence-corrected chi connectivity index (χ3v) is 4.01. The predicted molar refractivity (Wildman–Crippen MR) is 106 cm³/mol. The molecule has 2 amide bonds. The quantitative estimate of drug-likeness (QED) is 0.729. The maximum absolute atomic E-state index is 12.1. The van der Waals surface area contributed by atoms with E-state index in [0.29, 0.717) is 30.2 Å². The van der Waals surface area contributed by atoms with E-state index in [4.69, 9.17) is 9.47 Å². The minimum absolute atomic E-state index is 0.364. The van der Waals surface area contributed by atoms with Crippen molar-refractivity contribution >= 4 is 23.2 Å². The molecule has 0 aliphatic carbocycles. The number of amides is 2. The first-order valence-corrected chi connectivity index (χ1v) is 8.52. The average molecular weight is 371 g/mol. The SMILES string of the molecule is COc1ccc(OC)c(NC(=O)C(=O)NCCc2ccc(N(C)C)cc2)c1. The van der Waals surface area contributed by atoms with E-state index in [1.54, 1.807) is 18.2 Å². The van der Waals surface area contributed by atoms with Gasteiger partial charge in [-0.2, -0.15) is 0 Å². The fraction of sp³-hybridized carbons (Fsp3) is 0.300. The van der Waals surface area contributed by atoms with Gasteiger partial charge in [0.05, 0.1) is 19.9 Å². The summed E-state index contributed by atoms with van der Waals surface area (Å²) in [7, 11) is 6.96. The van der Waals surface area contributed by atoms with Crippen molar-refractivity contribution in [3.63, 3.8) is 0 Å². The van der Waals surface area contributed by atoms with Crippen molar-refractivity contribution in [2.75, 3.05) is 45.1 Å². The van der Waals surface area contributed by atoms with Crippen LogP contribution in [0.2, 0.25) is 0 Å². The lowest BCUT2D eigenvalue weighted by Gasteiger charge is -2.13. The summed E-state index contributed by atoms with van der Waals surface area (Å²) in [5.74, 6) is -0.472. The second kappa shape index (κ2) is 9.47. The zero-order chi connectivity index (χ0) is 19.8. The number of ether oxygens (including phenoxy) is 2. The number of nitrogens with one attached hydrogen (secondary N) is 2. The number of benzene rings is 2. The van der Waals surface area contributed by atoms with Crippen molar-refractivity contribution in [2.45, 2.75) is 6.42 Å². The van der Waals surface area contributed by atoms with Crippen molar-refractivity contribution in [3.05, 3.63) is 48.0 Å². The van der Waals surface area contributed by atoms with Crippen LogP contribution in [0.25, 0.3) is 0 Å². The highest BCUT2D eigenvalue weighted by Gasteiger charge is 2.16. The molecule has 0 saturated carbocycles. The Balaban J connectivity index is 1.88. The maximum atomic E-state index is 12.1. The van der Waals surface area contributed by atoms with Crippen LogP contribution < -0.4 is 25.0 Å². The van der Waals surface area contributed by atoms with Gasteiger partial charge in [-0.05, 0) is 36.2 Å². The van der Waals surface area contributed by atoms with Crippen LogP contribution in [0.3, 0.4) is 0 Å². The van der Waals surface area contributed by atoms with Gasteiger partial charge in [0, 0.05) is 32.4 Å². The number of hydrogen-bond acceptors (Lipinski definition) is 5. The molecule has 0 heterocycles. The second-order valence-electron chi connectivity index (χ2n) is 6.09. The summed E-state index contributed by atoms with van der Waals surface area (Å²) in [6.45, 7) is 0.364. The zero-order valence-corrected chi connectivity index (χ0v) is 16.0. The summed E-state index contributed by atoms with van der Waals surface area (Å²) in [6.07, 6.45) is 0.634. The van der Waals surface area contributed by atoms with Gasteiger partial charge >= 0.3 is 11.8 Å². The van der Waals surface area contributed by atoms with Gasteiger partial charge in [-0.1, -0.05) is 12.1 Å². The maximum Gasteiger partial charge on any atom is 0.313 e. The number of carbonyl (C=O) groups is 2. The van der Waals surface area contributed by atoms with E-state index >= 15 is 0 Å². The number of carbonyl (C=O) groups excluding carboxylic acids is 2. The van der Waals surface area contributed by atoms with E-state index in [0.717, 1.165) is 11.3 Å². The van der Waals surface area contributed by atoms with E-state index in [1.165, 1.54) is 14.2 Å². The molecule has 144 valence electrons. The normalized spacial score (nSPS) is 10.1. The van der Waals surface area contributed by atoms with Crippen molar-refractivity contribution in [1.82, 2.24) is 5.32 Å². The number of nitrogens with zero attached hydrogens (tertiary/aromatic N) is 1. The van der Waals surface area contributed by atoms with Crippen molar-refractivity contribution in [3.8, 4) is 11.5 Å². The molecule has 0 aliphatic heterocycles. The molecule has 27 heavy (non-hydrogen) atoms. The lowest BCUT2D eigenvalue weighted by atomic mass is 10.1. The van der Waals surface area contributed by atoms with Crippen LogP contribution in [-0.4, -0.2) is 46.7 Å². The second-order valence-corrected chi connectivity index (χ2v) is 6.09. The summed E-state index contributed by atoms with van der Waals surface area (Å²) in [6, 6.07) is 13.0. The number of rotatable bonds is 7. The van der Waals surface area contributed by atoms with Crippen LogP contribution in [-0.2, 0) is 16.0 Å². The fourth-order valence-corrected chi connectivity index (χ4v) is 2.45. The molecule has 2 aromatic carbocycles. The van der Waals surface area contributed by atoms with Gasteiger partial charge in [0.25, 0.3) is 0 Å². The summed E-state index contributed by atoms with van der Waals surface area (Å²) in [5.41, 5.74) is 2.56. The monoisotopic (exact) mass is 371 g/mol. The van der Waals surface area contributed by atoms with E-state index in [9.17, 15) is 9.59 Å². The van der Waals surface area contributed by atoms with Gasteiger partial charge in [0.2, 0.25) is 0 Å². The van der Waals surface area contributed by atoms with Crippen LogP contribution in [0, 0.1) is 0 Å². The molecule has 2 rings (SSSR count). The minimum atomic E-state index is -0.760. The smallest absolute Gasteiger partial charge is 0.313 e. The molecule has 0 fully saturated rings. The lowest BCUT2D eigenvalue weighted by Crippen LogP contribution is -2.36. The van der Waals surface area contributed by atoms with Crippen LogP contribution in [0.1, 0.15) is 5.56 Å². The minimum Gasteiger partial charge on any atom is -0.497 e. The molecule has 0 bridgehead atoms. The van der Waals surface area contributed by atoms with E-state index < -0.39 is 11.8 Å². The predicted octanol–water partition coefficient (Wildman–Crippen LogP) is 2.07. The Kier molecular flexibility index (Phi) is 7.05. The van der Waals surface area contributed by atoms with Gasteiger partial charge in [-0.25, -0.2) is 0 Å². The number of anilines is 2. The number of methoxy groups -OCH3 is 2. The Hall–Kier alpha value is -3.22. The highest BCUT2D eigenvalue weighted by Crippen LogP contribution is 2.28. The molecule has 0 aliphatic rings. The molecule has 0 radical (unpaired) electrons. The summed E-state index contributed by atoms with van der Waals surface area (Å²) >= 11 is 0. The van der Waals surface area contributed by atoms with Gasteiger partial charge in [0.15, 0.2) is 0 Å². The average Bonchev–Trinajstić information content (AvgIpc) is 2.68. The molecule has 7 nitrogen and oxygen atoms in total. The van der Waals surface area contributed by atoms with Gasteiger partial charge in [0.1, 0.15) is 11.5 Å². The molecular weight excluding hydrogens is 346 g/mol. The van der Waals surface area contributed by atoms with Crippen LogP contribution in [0.4, 0.5) is 11.4 Å². The molecular formula is C20H25N3O4. The van der Waals surface area contributed by atoms with Crippen molar-refractivity contribution < 1.29 is 19.1 Å². The highest BCUT2D eigenvalue weighted by atomic mass is 16.5. The molecule has 7 heteroatoms. The largest absolute Gasteiger partial charge is 0.497 e. The Morgan fingerprint density at radius 2 is 1.67 bits per heavy atom. The summed E-state index contributed by atoms with van der Waals surface area (Å²) in [4.78, 5) is 26.2. The Morgan fingerprint density at radius 3 is 2.26 bits per heavy atom. The van der Waals surface area contributed by atoms with E-state index in [2.05, 4.69) is 10.6 Å². The molecule has 0 saturated heterocycles. The molecule has 0 unspecified atom stereocenters. The molecule has 2 aromatic rings. The van der Waals surface area contributed by atoms with Gasteiger partial charge in [-0.15, -0.1) is 0 Å². The topological polar surface area (TPSA) is 79.9 Å². The molecule has 0 atom stereocenters. The van der Waals surface area contributed by atoms with Gasteiger partial charge in [-0.3, -0.25) is 9.59 Å². The summed E-state index contributed by atoms with van der Waals surface area (Å²) in [5, 5.41) is 5.16. The van der Waals surface area contributed by atoms with Crippen molar-refractivity contribution in [1.29, 1.82) is 0 Å². The van der Waals surface area contributed by atoms with E-state index in [1.807, 2.05) is 43.3 Å². The first kappa shape index (κ1) is 20.1. The zero-order valence-electron chi connectivity index (χ0n) is 16.0. The molecule has 0 aromatic heterocycles. The van der Waals surface area contributed by atoms with Crippen LogP contribution in [0.15, 0.2) is 42.5 Å². The van der Waals surface area contributed by atoms with Crippen molar-refractivity contribution in [2.24, 2.45) is 0 Å². The molecule has 2 N–H and O–H groups in total. The Bertz CT molecular complexity index is 788. The first-order valence-electron chi connectivity index (χ1n) is 8.52. The van der Waals surface area contributed by atoms with Gasteiger partial charge < -0.3 is 25.0 Å². The lowest BCUT2D eigenvalue weighted by molar-refractivity contribution is -0.136. The van der Waals surface area contributed by atoms with E-state index in [-0.39, 0.29) is 0 Å². The number of hydrogen-bond donors (Lipinski definition) is 2. The van der Waals surface area contributed by atoms with Crippen LogP contribution >= 0.6 is 0 Å². The summed E-state index contributed by atoms with van der Waals surface area (Å²) < 4.78 is 10.3. The third kappa shape index (κ3) is 5.64. The third-order valence-electron chi connectivity index (χ3n) is 4.01. The fourth-order valence-electron chi connectivity index (χ4n) is 2.45. The Morgan fingerprint density at radius 1 is 0.963 bits per heavy atom. The Labute approximate surface area is 159 Å². The highest BCUT2D eigenvalue weighted by molar-refractivity contribution is 6.39. The first-order chi connectivity index (χ1) is 12.9.